The Labute approximate surface area is 111 Å². The summed E-state index contributed by atoms with van der Waals surface area (Å²) in [4.78, 5) is 14.7. The van der Waals surface area contributed by atoms with Gasteiger partial charge in [-0.1, -0.05) is 6.92 Å². The van der Waals surface area contributed by atoms with Gasteiger partial charge in [-0.2, -0.15) is 0 Å². The number of nitrogens with zero attached hydrogens (tertiary/aromatic N) is 1. The highest BCUT2D eigenvalue weighted by atomic mass is 16.5. The number of rotatable bonds is 7. The van der Waals surface area contributed by atoms with Crippen molar-refractivity contribution in [3.05, 3.63) is 0 Å². The highest BCUT2D eigenvalue weighted by molar-refractivity contribution is 5.83. The van der Waals surface area contributed by atoms with Gasteiger partial charge in [0.1, 0.15) is 0 Å². The van der Waals surface area contributed by atoms with Crippen molar-refractivity contribution >= 4 is 5.91 Å². The summed E-state index contributed by atoms with van der Waals surface area (Å²) in [5.74, 6) is 0.305. The van der Waals surface area contributed by atoms with Crippen LogP contribution in [-0.4, -0.2) is 50.2 Å². The minimum atomic E-state index is -0.180. The molecule has 0 aromatic heterocycles. The average Bonchev–Trinajstić information content (AvgIpc) is 2.44. The van der Waals surface area contributed by atoms with Gasteiger partial charge in [-0.3, -0.25) is 4.79 Å². The Kier molecular flexibility index (Phi) is 6.65. The summed E-state index contributed by atoms with van der Waals surface area (Å²) in [5.41, 5.74) is -0.180. The second-order valence-corrected chi connectivity index (χ2v) is 5.00. The molecule has 0 aliphatic carbocycles. The quantitative estimate of drug-likeness (QED) is 0.704. The van der Waals surface area contributed by atoms with E-state index in [4.69, 9.17) is 4.74 Å². The van der Waals surface area contributed by atoms with E-state index >= 15 is 0 Å². The summed E-state index contributed by atoms with van der Waals surface area (Å²) < 4.78 is 5.36. The fraction of sp³-hybridized carbons (Fsp3) is 0.929. The minimum Gasteiger partial charge on any atom is -0.380 e. The zero-order valence-electron chi connectivity index (χ0n) is 12.1. The van der Waals surface area contributed by atoms with Crippen LogP contribution in [0.5, 0.6) is 0 Å². The standard InChI is InChI=1S/C14H28N2O2/c1-4-14(8-7-9-15-12-14)13(17)16(5-2)10-11-18-6-3/h15H,4-12H2,1-3H3. The predicted octanol–water partition coefficient (Wildman–Crippen LogP) is 1.65. The summed E-state index contributed by atoms with van der Waals surface area (Å²) in [7, 11) is 0. The van der Waals surface area contributed by atoms with Crippen molar-refractivity contribution in [2.75, 3.05) is 39.4 Å². The maximum atomic E-state index is 12.7. The van der Waals surface area contributed by atoms with Crippen LogP contribution in [0.1, 0.15) is 40.0 Å². The van der Waals surface area contributed by atoms with Gasteiger partial charge in [0.05, 0.1) is 12.0 Å². The van der Waals surface area contributed by atoms with Gasteiger partial charge in [0, 0.05) is 26.2 Å². The lowest BCUT2D eigenvalue weighted by molar-refractivity contribution is -0.144. The number of nitrogens with one attached hydrogen (secondary N) is 1. The number of piperidine rings is 1. The van der Waals surface area contributed by atoms with Crippen LogP contribution >= 0.6 is 0 Å². The maximum Gasteiger partial charge on any atom is 0.230 e. The van der Waals surface area contributed by atoms with Crippen LogP contribution in [0.25, 0.3) is 0 Å². The first-order valence-corrected chi connectivity index (χ1v) is 7.28. The van der Waals surface area contributed by atoms with Gasteiger partial charge in [0.2, 0.25) is 5.91 Å². The van der Waals surface area contributed by atoms with Gasteiger partial charge in [-0.05, 0) is 39.7 Å². The van der Waals surface area contributed by atoms with Crippen molar-refractivity contribution in [3.63, 3.8) is 0 Å². The molecule has 0 spiro atoms. The van der Waals surface area contributed by atoms with E-state index in [1.165, 1.54) is 0 Å². The molecule has 1 N–H and O–H groups in total. The Hall–Kier alpha value is -0.610. The lowest BCUT2D eigenvalue weighted by Gasteiger charge is -2.39. The van der Waals surface area contributed by atoms with Crippen LogP contribution in [0, 0.1) is 5.41 Å². The fourth-order valence-corrected chi connectivity index (χ4v) is 2.66. The maximum absolute atomic E-state index is 12.7. The van der Waals surface area contributed by atoms with E-state index in [-0.39, 0.29) is 5.41 Å². The van der Waals surface area contributed by atoms with Crippen molar-refractivity contribution in [3.8, 4) is 0 Å². The molecule has 4 nitrogen and oxygen atoms in total. The van der Waals surface area contributed by atoms with E-state index < -0.39 is 0 Å². The predicted molar refractivity (Wildman–Crippen MR) is 73.6 cm³/mol. The molecule has 0 radical (unpaired) electrons. The molecule has 1 saturated heterocycles. The van der Waals surface area contributed by atoms with Crippen LogP contribution < -0.4 is 5.32 Å². The molecule has 1 fully saturated rings. The van der Waals surface area contributed by atoms with Crippen LogP contribution in [0.15, 0.2) is 0 Å². The molecular weight excluding hydrogens is 228 g/mol. The van der Waals surface area contributed by atoms with Crippen LogP contribution in [-0.2, 0) is 9.53 Å². The van der Waals surface area contributed by atoms with Gasteiger partial charge in [0.25, 0.3) is 0 Å². The van der Waals surface area contributed by atoms with Crippen molar-refractivity contribution in [2.24, 2.45) is 5.41 Å². The Morgan fingerprint density at radius 1 is 1.39 bits per heavy atom. The van der Waals surface area contributed by atoms with Gasteiger partial charge < -0.3 is 15.0 Å². The third-order valence-corrected chi connectivity index (χ3v) is 3.98. The Bertz CT molecular complexity index is 250. The summed E-state index contributed by atoms with van der Waals surface area (Å²) in [6.07, 6.45) is 3.03. The lowest BCUT2D eigenvalue weighted by atomic mass is 9.77. The highest BCUT2D eigenvalue weighted by Gasteiger charge is 2.39. The molecule has 106 valence electrons. The monoisotopic (exact) mass is 256 g/mol. The van der Waals surface area contributed by atoms with Crippen LogP contribution in [0.4, 0.5) is 0 Å². The molecule has 1 amide bonds. The summed E-state index contributed by atoms with van der Waals surface area (Å²) in [6, 6.07) is 0. The number of carbonyl (C=O) groups is 1. The van der Waals surface area contributed by atoms with E-state index in [1.54, 1.807) is 0 Å². The Morgan fingerprint density at radius 2 is 2.17 bits per heavy atom. The van der Waals surface area contributed by atoms with Crippen molar-refractivity contribution in [2.45, 2.75) is 40.0 Å². The summed E-state index contributed by atoms with van der Waals surface area (Å²) in [5, 5.41) is 3.37. The average molecular weight is 256 g/mol. The zero-order valence-corrected chi connectivity index (χ0v) is 12.1. The number of amides is 1. The highest BCUT2D eigenvalue weighted by Crippen LogP contribution is 2.32. The molecular formula is C14H28N2O2. The molecule has 1 heterocycles. The van der Waals surface area contributed by atoms with E-state index in [0.29, 0.717) is 25.7 Å². The molecule has 1 aliphatic rings. The summed E-state index contributed by atoms with van der Waals surface area (Å²) in [6.45, 7) is 10.9. The van der Waals surface area contributed by atoms with E-state index in [2.05, 4.69) is 12.2 Å². The number of carbonyl (C=O) groups excluding carboxylic acids is 1. The molecule has 0 bridgehead atoms. The number of hydrogen-bond donors (Lipinski definition) is 1. The normalized spacial score (nSPS) is 23.9. The van der Waals surface area contributed by atoms with Crippen molar-refractivity contribution in [1.29, 1.82) is 0 Å². The molecule has 1 unspecified atom stereocenters. The van der Waals surface area contributed by atoms with Crippen molar-refractivity contribution in [1.82, 2.24) is 10.2 Å². The second-order valence-electron chi connectivity index (χ2n) is 5.00. The second kappa shape index (κ2) is 7.74. The first-order valence-electron chi connectivity index (χ1n) is 7.28. The number of hydrogen-bond acceptors (Lipinski definition) is 3. The molecule has 0 aromatic carbocycles. The van der Waals surface area contributed by atoms with E-state index in [1.807, 2.05) is 18.7 Å². The van der Waals surface area contributed by atoms with Crippen LogP contribution in [0.2, 0.25) is 0 Å². The van der Waals surface area contributed by atoms with Gasteiger partial charge in [-0.15, -0.1) is 0 Å². The summed E-state index contributed by atoms with van der Waals surface area (Å²) >= 11 is 0. The third kappa shape index (κ3) is 3.69. The van der Waals surface area contributed by atoms with E-state index in [0.717, 1.165) is 38.9 Å². The smallest absolute Gasteiger partial charge is 0.230 e. The molecule has 1 rings (SSSR count). The molecule has 4 heteroatoms. The molecule has 0 saturated carbocycles. The number of likely N-dealkylation sites (N-methyl/N-ethyl adjacent to an activating group) is 1. The first-order chi connectivity index (χ1) is 8.70. The lowest BCUT2D eigenvalue weighted by Crippen LogP contribution is -2.52. The molecule has 0 aromatic rings. The van der Waals surface area contributed by atoms with Gasteiger partial charge >= 0.3 is 0 Å². The topological polar surface area (TPSA) is 41.6 Å². The minimum absolute atomic E-state index is 0.180. The molecule has 1 aliphatic heterocycles. The molecule has 1 atom stereocenters. The third-order valence-electron chi connectivity index (χ3n) is 3.98. The Balaban J connectivity index is 2.61. The van der Waals surface area contributed by atoms with Crippen molar-refractivity contribution < 1.29 is 9.53 Å². The fourth-order valence-electron chi connectivity index (χ4n) is 2.66. The van der Waals surface area contributed by atoms with E-state index in [9.17, 15) is 4.79 Å². The first kappa shape index (κ1) is 15.4. The zero-order chi connectivity index (χ0) is 13.4. The van der Waals surface area contributed by atoms with Gasteiger partial charge in [0.15, 0.2) is 0 Å². The number of ether oxygens (including phenoxy) is 1. The SMILES string of the molecule is CCOCCN(CC)C(=O)C1(CC)CCCNC1. The largest absolute Gasteiger partial charge is 0.380 e. The van der Waals surface area contributed by atoms with Crippen LogP contribution in [0.3, 0.4) is 0 Å². The molecule has 18 heavy (non-hydrogen) atoms. The van der Waals surface area contributed by atoms with Gasteiger partial charge in [-0.25, -0.2) is 0 Å². The Morgan fingerprint density at radius 3 is 2.67 bits per heavy atom.